The number of carboxylic acids is 1. The number of guanidine groups is 1. The van der Waals surface area contributed by atoms with Gasteiger partial charge in [-0.3, -0.25) is 9.59 Å². The van der Waals surface area contributed by atoms with Gasteiger partial charge in [0.2, 0.25) is 0 Å². The van der Waals surface area contributed by atoms with Crippen LogP contribution in [-0.4, -0.2) is 66.3 Å². The van der Waals surface area contributed by atoms with Crippen LogP contribution in [0.15, 0.2) is 104 Å². The summed E-state index contributed by atoms with van der Waals surface area (Å²) in [6.07, 6.45) is 19.3. The Labute approximate surface area is 416 Å². The van der Waals surface area contributed by atoms with E-state index in [1.54, 1.807) is 6.92 Å². The summed E-state index contributed by atoms with van der Waals surface area (Å²) in [5.74, 6) is 3.11. The second-order valence-corrected chi connectivity index (χ2v) is 25.5. The minimum atomic E-state index is -1.83. The fourth-order valence-electron chi connectivity index (χ4n) is 21.3. The second kappa shape index (κ2) is 13.5. The average Bonchev–Trinajstić information content (AvgIpc) is 4.05. The van der Waals surface area contributed by atoms with E-state index in [9.17, 15) is 19.8 Å². The molecular weight excluding hydrogens is 887 g/mol. The number of aryl methyl sites for hydroxylation is 1. The Morgan fingerprint density at radius 2 is 1.68 bits per heavy atom. The third-order valence-corrected chi connectivity index (χ3v) is 23.3. The molecule has 13 aliphatic carbocycles. The van der Waals surface area contributed by atoms with Gasteiger partial charge in [-0.05, 0) is 127 Å². The summed E-state index contributed by atoms with van der Waals surface area (Å²) in [5.41, 5.74) is 9.98. The van der Waals surface area contributed by atoms with Crippen LogP contribution in [0.2, 0.25) is 0 Å². The molecule has 8 N–H and O–H groups in total. The number of rotatable bonds is 4. The Balaban J connectivity index is 1.17. The largest absolute Gasteiger partial charge is 0.478 e. The zero-order valence-electron chi connectivity index (χ0n) is 41.6. The molecular formula is C61H67N3O7. The van der Waals surface area contributed by atoms with Gasteiger partial charge in [0.05, 0.1) is 5.54 Å². The number of hydrogen-bond donors (Lipinski definition) is 6. The summed E-state index contributed by atoms with van der Waals surface area (Å²) >= 11 is 0. The Morgan fingerprint density at radius 1 is 0.901 bits per heavy atom. The van der Waals surface area contributed by atoms with Gasteiger partial charge < -0.3 is 31.9 Å². The van der Waals surface area contributed by atoms with Crippen molar-refractivity contribution in [1.29, 1.82) is 0 Å². The Bertz CT molecular complexity index is 3130. The molecule has 10 nitrogen and oxygen atoms in total. The fourth-order valence-corrected chi connectivity index (χ4v) is 21.3. The van der Waals surface area contributed by atoms with Crippen molar-refractivity contribution in [3.05, 3.63) is 110 Å². The number of nitrogens with zero attached hydrogens (tertiary/aromatic N) is 1. The fraction of sp³-hybridized carbons (Fsp3) is 0.574. The molecule has 13 aliphatic rings. The van der Waals surface area contributed by atoms with Crippen LogP contribution in [0.25, 0.3) is 6.08 Å². The van der Waals surface area contributed by atoms with Crippen LogP contribution in [0.4, 0.5) is 0 Å². The normalized spacial score (nSPS) is 47.6. The van der Waals surface area contributed by atoms with Gasteiger partial charge in [-0.2, -0.15) is 0 Å². The highest BCUT2D eigenvalue weighted by Gasteiger charge is 2.91. The highest BCUT2D eigenvalue weighted by molar-refractivity contribution is 6.03. The van der Waals surface area contributed by atoms with Crippen molar-refractivity contribution in [1.82, 2.24) is 0 Å². The van der Waals surface area contributed by atoms with Gasteiger partial charge >= 0.3 is 5.97 Å². The number of allylic oxidation sites excluding steroid dienone is 4. The molecule has 71 heavy (non-hydrogen) atoms. The SMILES string of the molecule is C/C(C(=O)O)=C1/CC[C@]2(N=C(N)N)C=C[C@]34[C@H](C5CCCC5)[C@@H]2[C@@]1(O)C1=CCC2=C1[C@H]3[C@@]1(O)C(=C[C@]3(O)C5=C6C(=O)C[C@@]4(C)[C@]51CCC#CC[C@]1(C)C(=O)CC[C@@]6(C)[C@@H]1[C@H]3C1=Cc3ccccc3CC1)C2. The van der Waals surface area contributed by atoms with Crippen molar-refractivity contribution in [2.75, 3.05) is 0 Å². The van der Waals surface area contributed by atoms with E-state index in [1.807, 2.05) is 6.08 Å². The number of carbonyl (C=O) groups is 3. The molecule has 2 spiro atoms. The standard InChI is InChI=1S/C61H67N3O7/c1-32(51(67)68)39-20-25-56(64-52(62)63)26-27-57-44(34-13-7-8-14-34)49(56)60(39,70)40-19-18-36-29-38-30-58(69)45(37-17-16-33-12-6-9-15-35(33)28-37)48-53(2)22-10-5-11-23-59(61(38,71)47(57)43(36)40)50(58)46(41(65)31-55(57,59)4)54(48,3)24-21-42(53)66/h6,9,12,15,19,26-28,30,34,44-45,47-49,69-71H,7-8,11,13-14,16-18,20-25,29,31H2,1-4H3,(H,67,68)(H4,62,63,64)/b39-32+/t44-,45-,47-,48-,49+,53-,54-,55-,56+,57+,58-,59+,60+,61+/m1/s1. The number of carboxylic acid groups (broad SMARTS) is 1. The first-order valence-electron chi connectivity index (χ1n) is 26.9. The van der Waals surface area contributed by atoms with E-state index in [-0.39, 0.29) is 41.9 Å². The van der Waals surface area contributed by atoms with Crippen LogP contribution in [0.3, 0.4) is 0 Å². The quantitative estimate of drug-likeness (QED) is 0.0569. The number of nitrogens with two attached hydrogens (primary N) is 2. The van der Waals surface area contributed by atoms with Gasteiger partial charge in [0.15, 0.2) is 11.7 Å². The molecule has 0 unspecified atom stereocenters. The number of fused-ring (bicyclic) bond motifs is 3. The van der Waals surface area contributed by atoms with Crippen LogP contribution >= 0.6 is 0 Å². The minimum absolute atomic E-state index is 0.00485. The van der Waals surface area contributed by atoms with E-state index >= 15 is 15.0 Å². The summed E-state index contributed by atoms with van der Waals surface area (Å²) < 4.78 is 0. The number of Topliss-reactive ketones (excluding diaryl/α,β-unsaturated/α-hetero) is 2. The summed E-state index contributed by atoms with van der Waals surface area (Å²) in [5, 5.41) is 56.1. The first kappa shape index (κ1) is 44.6. The zero-order chi connectivity index (χ0) is 49.4. The molecule has 14 rings (SSSR count). The van der Waals surface area contributed by atoms with Gasteiger partial charge in [0, 0.05) is 76.2 Å². The maximum Gasteiger partial charge on any atom is 0.331 e. The summed E-state index contributed by atoms with van der Waals surface area (Å²) in [6.45, 7) is 8.16. The lowest BCUT2D eigenvalue weighted by Crippen LogP contribution is -2.73. The first-order chi connectivity index (χ1) is 33.7. The van der Waals surface area contributed by atoms with Crippen molar-refractivity contribution in [2.45, 2.75) is 153 Å². The number of aliphatic carboxylic acids is 1. The van der Waals surface area contributed by atoms with Crippen molar-refractivity contribution in [3.8, 4) is 11.8 Å². The Morgan fingerprint density at radius 3 is 2.44 bits per heavy atom. The number of benzene rings is 1. The van der Waals surface area contributed by atoms with E-state index in [0.29, 0.717) is 80.1 Å². The average molecular weight is 954 g/mol. The molecule has 368 valence electrons. The maximum atomic E-state index is 16.7. The van der Waals surface area contributed by atoms with E-state index in [1.165, 1.54) is 5.56 Å². The van der Waals surface area contributed by atoms with Crippen LogP contribution in [0.5, 0.6) is 0 Å². The number of carbonyl (C=O) groups excluding carboxylic acids is 2. The molecule has 1 aromatic rings. The molecule has 5 fully saturated rings. The second-order valence-electron chi connectivity index (χ2n) is 25.5. The summed E-state index contributed by atoms with van der Waals surface area (Å²) in [4.78, 5) is 50.1. The Kier molecular flexibility index (Phi) is 8.51. The molecule has 6 bridgehead atoms. The molecule has 1 aromatic carbocycles. The van der Waals surface area contributed by atoms with Gasteiger partial charge in [-0.25, -0.2) is 9.79 Å². The van der Waals surface area contributed by atoms with Crippen LogP contribution < -0.4 is 11.5 Å². The summed E-state index contributed by atoms with van der Waals surface area (Å²) in [7, 11) is 0. The predicted octanol–water partition coefficient (Wildman–Crippen LogP) is 8.08. The van der Waals surface area contributed by atoms with Crippen LogP contribution in [-0.2, 0) is 20.8 Å². The van der Waals surface area contributed by atoms with Gasteiger partial charge in [-0.15, -0.1) is 11.8 Å². The lowest BCUT2D eigenvalue weighted by molar-refractivity contribution is -0.176. The Hall–Kier alpha value is -5.08. The maximum absolute atomic E-state index is 16.7. The lowest BCUT2D eigenvalue weighted by Gasteiger charge is -2.71. The van der Waals surface area contributed by atoms with Crippen molar-refractivity contribution in [2.24, 2.45) is 79.0 Å². The predicted molar refractivity (Wildman–Crippen MR) is 268 cm³/mol. The third kappa shape index (κ3) is 4.62. The van der Waals surface area contributed by atoms with E-state index < -0.39 is 85.0 Å². The van der Waals surface area contributed by atoms with Crippen LogP contribution in [0.1, 0.15) is 135 Å². The highest BCUT2D eigenvalue weighted by atomic mass is 16.4. The molecule has 0 heterocycles. The zero-order valence-corrected chi connectivity index (χ0v) is 41.6. The van der Waals surface area contributed by atoms with E-state index in [2.05, 4.69) is 81.2 Å². The van der Waals surface area contributed by atoms with Crippen molar-refractivity contribution < 1.29 is 34.8 Å². The smallest absolute Gasteiger partial charge is 0.331 e. The molecule has 10 heteroatoms. The van der Waals surface area contributed by atoms with Crippen molar-refractivity contribution in [3.63, 3.8) is 0 Å². The van der Waals surface area contributed by atoms with Gasteiger partial charge in [-0.1, -0.05) is 106 Å². The number of aliphatic hydroxyl groups is 3. The summed E-state index contributed by atoms with van der Waals surface area (Å²) in [6, 6.07) is 8.45. The minimum Gasteiger partial charge on any atom is -0.478 e. The van der Waals surface area contributed by atoms with Gasteiger partial charge in [0.1, 0.15) is 22.6 Å². The van der Waals surface area contributed by atoms with Crippen LogP contribution in [0, 0.1) is 74.4 Å². The number of ketones is 2. The van der Waals surface area contributed by atoms with E-state index in [0.717, 1.165) is 60.0 Å². The lowest BCUT2D eigenvalue weighted by atomic mass is 9.32. The van der Waals surface area contributed by atoms with Crippen molar-refractivity contribution >= 4 is 29.6 Å². The molecule has 14 atom stereocenters. The first-order valence-corrected chi connectivity index (χ1v) is 26.9. The number of aliphatic imine (C=N–C) groups is 1. The van der Waals surface area contributed by atoms with Gasteiger partial charge in [0.25, 0.3) is 0 Å². The molecule has 0 radical (unpaired) electrons. The molecule has 0 aliphatic heterocycles. The highest BCUT2D eigenvalue weighted by Crippen LogP contribution is 2.90. The number of hydrogen-bond acceptors (Lipinski definition) is 7. The molecule has 0 saturated heterocycles. The topological polar surface area (TPSA) is 197 Å². The molecule has 5 saturated carbocycles. The van der Waals surface area contributed by atoms with E-state index in [4.69, 9.17) is 16.5 Å². The molecule has 0 amide bonds. The molecule has 0 aromatic heterocycles. The monoisotopic (exact) mass is 953 g/mol. The third-order valence-electron chi connectivity index (χ3n) is 23.3.